The largest absolute Gasteiger partial charge is 0.444 e. The van der Waals surface area contributed by atoms with E-state index in [1.165, 1.54) is 24.1 Å². The summed E-state index contributed by atoms with van der Waals surface area (Å²) in [4.78, 5) is 58.3. The third-order valence-electron chi connectivity index (χ3n) is 8.81. The van der Waals surface area contributed by atoms with Gasteiger partial charge in [-0.1, -0.05) is 19.3 Å². The lowest BCUT2D eigenvalue weighted by Crippen LogP contribution is -2.59. The molecule has 2 fully saturated rings. The molecule has 1 aromatic heterocycles. The van der Waals surface area contributed by atoms with Gasteiger partial charge in [-0.3, -0.25) is 19.3 Å². The Labute approximate surface area is 265 Å². The van der Waals surface area contributed by atoms with Crippen molar-refractivity contribution >= 4 is 34.7 Å². The maximum Gasteiger partial charge on any atom is 0.410 e. The number of hydrogen-bond donors (Lipinski definition) is 1. The molecule has 0 radical (unpaired) electrons. The molecular weight excluding hydrogens is 581 g/mol. The Kier molecular flexibility index (Phi) is 11.1. The summed E-state index contributed by atoms with van der Waals surface area (Å²) in [6, 6.07) is 4.66. The zero-order chi connectivity index (χ0) is 32.9. The number of ether oxygens (including phenoxy) is 2. The van der Waals surface area contributed by atoms with Crippen LogP contribution < -0.4 is 5.32 Å². The number of nitrogens with zero attached hydrogens (tertiary/aromatic N) is 4. The topological polar surface area (TPSA) is 113 Å². The van der Waals surface area contributed by atoms with Gasteiger partial charge >= 0.3 is 6.09 Å². The van der Waals surface area contributed by atoms with Crippen LogP contribution in [0, 0.1) is 11.7 Å². The van der Waals surface area contributed by atoms with Crippen molar-refractivity contribution < 1.29 is 33.0 Å². The Morgan fingerprint density at radius 2 is 1.67 bits per heavy atom. The van der Waals surface area contributed by atoms with E-state index in [4.69, 9.17) is 9.47 Å². The fourth-order valence-corrected chi connectivity index (χ4v) is 6.11. The van der Waals surface area contributed by atoms with Crippen molar-refractivity contribution in [1.29, 1.82) is 0 Å². The Morgan fingerprint density at radius 1 is 1.02 bits per heavy atom. The molecule has 0 bridgehead atoms. The lowest BCUT2D eigenvalue weighted by molar-refractivity contribution is -0.140. The minimum absolute atomic E-state index is 0.00854. The molecule has 11 nitrogen and oxygen atoms in total. The molecule has 2 aromatic rings. The Morgan fingerprint density at radius 3 is 2.29 bits per heavy atom. The number of rotatable bonds is 9. The predicted molar refractivity (Wildman–Crippen MR) is 168 cm³/mol. The van der Waals surface area contributed by atoms with Crippen molar-refractivity contribution in [2.24, 2.45) is 5.92 Å². The van der Waals surface area contributed by atoms with Gasteiger partial charge in [-0.25, -0.2) is 9.18 Å². The molecule has 0 spiro atoms. The van der Waals surface area contributed by atoms with Crippen molar-refractivity contribution in [1.82, 2.24) is 24.6 Å². The van der Waals surface area contributed by atoms with Crippen molar-refractivity contribution in [2.45, 2.75) is 84.0 Å². The number of amides is 4. The van der Waals surface area contributed by atoms with Crippen molar-refractivity contribution in [3.8, 4) is 0 Å². The van der Waals surface area contributed by atoms with Crippen LogP contribution in [-0.4, -0.2) is 108 Å². The summed E-state index contributed by atoms with van der Waals surface area (Å²) in [5.74, 6) is -1.16. The number of methoxy groups -OCH3 is 1. The third-order valence-corrected chi connectivity index (χ3v) is 8.81. The monoisotopic (exact) mass is 629 g/mol. The highest BCUT2D eigenvalue weighted by molar-refractivity contribution is 5.99. The molecule has 12 heteroatoms. The Hall–Kier alpha value is -3.67. The number of aromatic nitrogens is 1. The molecule has 1 aliphatic heterocycles. The normalized spacial score (nSPS) is 17.6. The van der Waals surface area contributed by atoms with Crippen LogP contribution in [0.5, 0.6) is 0 Å². The van der Waals surface area contributed by atoms with Crippen LogP contribution in [0.4, 0.5) is 9.18 Å². The van der Waals surface area contributed by atoms with Crippen LogP contribution >= 0.6 is 0 Å². The van der Waals surface area contributed by atoms with Gasteiger partial charge in [-0.05, 0) is 70.7 Å². The van der Waals surface area contributed by atoms with Gasteiger partial charge in [0.25, 0.3) is 5.91 Å². The van der Waals surface area contributed by atoms with E-state index in [1.54, 1.807) is 61.3 Å². The Bertz CT molecular complexity index is 1370. The number of hydrogen-bond acceptors (Lipinski definition) is 6. The molecule has 1 aromatic carbocycles. The highest BCUT2D eigenvalue weighted by atomic mass is 19.1. The molecule has 2 aliphatic rings. The molecule has 2 heterocycles. The van der Waals surface area contributed by atoms with Crippen LogP contribution in [0.25, 0.3) is 10.9 Å². The van der Waals surface area contributed by atoms with E-state index in [2.05, 4.69) is 5.32 Å². The number of carbonyl (C=O) groups is 4. The minimum atomic E-state index is -0.841. The van der Waals surface area contributed by atoms with Crippen LogP contribution in [0.2, 0.25) is 0 Å². The summed E-state index contributed by atoms with van der Waals surface area (Å²) >= 11 is 0. The highest BCUT2D eigenvalue weighted by Crippen LogP contribution is 2.28. The fraction of sp³-hybridized carbons (Fsp3) is 0.636. The van der Waals surface area contributed by atoms with Crippen LogP contribution in [-0.2, 0) is 25.6 Å². The second-order valence-electron chi connectivity index (χ2n) is 13.1. The first kappa shape index (κ1) is 34.2. The van der Waals surface area contributed by atoms with E-state index in [1.807, 2.05) is 0 Å². The van der Waals surface area contributed by atoms with Crippen molar-refractivity contribution in [3.05, 3.63) is 35.8 Å². The number of likely N-dealkylation sites (N-methyl/N-ethyl adjacent to an activating group) is 1. The zero-order valence-corrected chi connectivity index (χ0v) is 27.4. The van der Waals surface area contributed by atoms with Gasteiger partial charge in [-0.15, -0.1) is 0 Å². The first-order valence-corrected chi connectivity index (χ1v) is 15.9. The van der Waals surface area contributed by atoms with Crippen LogP contribution in [0.15, 0.2) is 24.3 Å². The summed E-state index contributed by atoms with van der Waals surface area (Å²) in [6.07, 6.45) is 4.12. The van der Waals surface area contributed by atoms with Gasteiger partial charge < -0.3 is 29.2 Å². The molecule has 45 heavy (non-hydrogen) atoms. The number of piperazine rings is 1. The molecule has 2 atom stereocenters. The minimum Gasteiger partial charge on any atom is -0.444 e. The molecule has 0 unspecified atom stereocenters. The first-order chi connectivity index (χ1) is 21.3. The average Bonchev–Trinajstić information content (AvgIpc) is 3.38. The number of fused-ring (bicyclic) bond motifs is 1. The van der Waals surface area contributed by atoms with Crippen LogP contribution in [0.1, 0.15) is 70.3 Å². The first-order valence-electron chi connectivity index (χ1n) is 15.9. The molecular formula is C33H48FN5O6. The number of benzene rings is 1. The molecule has 1 aliphatic carbocycles. The molecule has 1 saturated heterocycles. The predicted octanol–water partition coefficient (Wildman–Crippen LogP) is 4.03. The van der Waals surface area contributed by atoms with E-state index in [9.17, 15) is 23.6 Å². The second-order valence-corrected chi connectivity index (χ2v) is 13.1. The van der Waals surface area contributed by atoms with Gasteiger partial charge in [0.05, 0.1) is 12.1 Å². The second kappa shape index (κ2) is 14.6. The average molecular weight is 630 g/mol. The summed E-state index contributed by atoms with van der Waals surface area (Å²) in [5.41, 5.74) is 0.369. The van der Waals surface area contributed by atoms with E-state index in [-0.39, 0.29) is 23.5 Å². The van der Waals surface area contributed by atoms with Crippen molar-refractivity contribution in [2.75, 3.05) is 46.9 Å². The van der Waals surface area contributed by atoms with Gasteiger partial charge in [0, 0.05) is 52.3 Å². The fourth-order valence-electron chi connectivity index (χ4n) is 6.11. The van der Waals surface area contributed by atoms with E-state index in [0.717, 1.165) is 37.5 Å². The quantitative estimate of drug-likeness (QED) is 0.448. The molecule has 1 N–H and O–H groups in total. The highest BCUT2D eigenvalue weighted by Gasteiger charge is 2.38. The molecule has 4 amide bonds. The maximum absolute atomic E-state index is 14.1. The van der Waals surface area contributed by atoms with Crippen LogP contribution in [0.3, 0.4) is 0 Å². The Balaban J connectivity index is 1.45. The smallest absolute Gasteiger partial charge is 0.410 e. The van der Waals surface area contributed by atoms with Gasteiger partial charge in [0.2, 0.25) is 11.8 Å². The van der Waals surface area contributed by atoms with E-state index < -0.39 is 29.7 Å². The summed E-state index contributed by atoms with van der Waals surface area (Å²) in [5, 5.41) is 3.75. The molecule has 4 rings (SSSR count). The lowest BCUT2D eigenvalue weighted by Gasteiger charge is -2.39. The van der Waals surface area contributed by atoms with Gasteiger partial charge in [0.1, 0.15) is 29.2 Å². The summed E-state index contributed by atoms with van der Waals surface area (Å²) in [6.45, 7) is 8.96. The lowest BCUT2D eigenvalue weighted by atomic mass is 9.83. The zero-order valence-electron chi connectivity index (χ0n) is 27.4. The summed E-state index contributed by atoms with van der Waals surface area (Å²) < 4.78 is 26.5. The van der Waals surface area contributed by atoms with Gasteiger partial charge in [-0.2, -0.15) is 0 Å². The summed E-state index contributed by atoms with van der Waals surface area (Å²) in [7, 11) is 3.09. The maximum atomic E-state index is 14.1. The number of carbonyl (C=O) groups excluding carboxylic acids is 4. The number of nitrogens with one attached hydrogen (secondary N) is 1. The van der Waals surface area contributed by atoms with Crippen molar-refractivity contribution in [3.63, 3.8) is 0 Å². The SMILES string of the molecule is COCCn1c(C(=O)N2CCN(C(=O)[C@@H](NC(=O)[C@H](C)N(C)C(=O)OC(C)(C)C)C3CCCCC3)CC2)cc2ccc(F)cc21. The molecule has 1 saturated carbocycles. The third kappa shape index (κ3) is 8.33. The van der Waals surface area contributed by atoms with E-state index in [0.29, 0.717) is 50.5 Å². The van der Waals surface area contributed by atoms with Gasteiger partial charge in [0.15, 0.2) is 0 Å². The number of halogens is 1. The van der Waals surface area contributed by atoms with E-state index >= 15 is 0 Å². The molecule has 248 valence electrons. The standard InChI is InChI=1S/C33H48FN5O6/c1-22(36(5)32(43)45-33(2,3)4)29(40)35-28(23-10-8-7-9-11-23)31(42)38-16-14-37(15-17-38)30(41)27-20-24-12-13-25(34)21-26(24)39(27)18-19-44-6/h12-13,20-23,28H,7-11,14-19H2,1-6H3,(H,35,40)/t22-,28-/m0/s1.